The molecule has 1 fully saturated rings. The second-order valence-corrected chi connectivity index (χ2v) is 9.17. The zero-order valence-electron chi connectivity index (χ0n) is 20.9. The molecule has 0 spiro atoms. The number of hydrogen-bond acceptors (Lipinski definition) is 4. The van der Waals surface area contributed by atoms with E-state index in [1.54, 1.807) is 4.90 Å². The zero-order chi connectivity index (χ0) is 25.3. The molecule has 0 bridgehead atoms. The first-order valence-corrected chi connectivity index (χ1v) is 12.8. The molecule has 6 nitrogen and oxygen atoms in total. The normalized spacial score (nSPS) is 17.7. The van der Waals surface area contributed by atoms with Gasteiger partial charge in [0, 0.05) is 13.0 Å². The van der Waals surface area contributed by atoms with Gasteiger partial charge in [-0.1, -0.05) is 66.7 Å². The predicted octanol–water partition coefficient (Wildman–Crippen LogP) is 4.32. The lowest BCUT2D eigenvalue weighted by molar-refractivity contribution is -0.150. The number of amides is 2. The number of nitrogens with one attached hydrogen (secondary N) is 1. The maximum atomic E-state index is 13.6. The van der Waals surface area contributed by atoms with Crippen molar-refractivity contribution in [1.29, 1.82) is 0 Å². The van der Waals surface area contributed by atoms with E-state index < -0.39 is 12.1 Å². The molecule has 188 valence electrons. The van der Waals surface area contributed by atoms with Gasteiger partial charge in [-0.3, -0.25) is 9.59 Å². The number of carbonyl (C=O) groups is 2. The molecule has 1 aliphatic rings. The van der Waals surface area contributed by atoms with E-state index in [1.807, 2.05) is 61.5 Å². The SMILES string of the molecule is CCOc1ccc(C[C@@H]2NC(=O)[C@H](CCCCN)N(Cc3ccc(-c4ccccc4)cc3)C2=O)cc1. The van der Waals surface area contributed by atoms with Crippen LogP contribution in [-0.2, 0) is 22.6 Å². The molecule has 3 N–H and O–H groups in total. The second kappa shape index (κ2) is 12.4. The van der Waals surface area contributed by atoms with Crippen molar-refractivity contribution < 1.29 is 14.3 Å². The molecule has 3 aromatic carbocycles. The maximum absolute atomic E-state index is 13.6. The van der Waals surface area contributed by atoms with Gasteiger partial charge in [0.2, 0.25) is 11.8 Å². The third-order valence-electron chi connectivity index (χ3n) is 6.60. The lowest BCUT2D eigenvalue weighted by Crippen LogP contribution is -2.63. The molecular formula is C30H35N3O3. The minimum atomic E-state index is -0.593. The summed E-state index contributed by atoms with van der Waals surface area (Å²) in [7, 11) is 0. The predicted molar refractivity (Wildman–Crippen MR) is 142 cm³/mol. The first-order valence-electron chi connectivity index (χ1n) is 12.8. The van der Waals surface area contributed by atoms with Crippen molar-refractivity contribution >= 4 is 11.8 Å². The largest absolute Gasteiger partial charge is 0.494 e. The van der Waals surface area contributed by atoms with Gasteiger partial charge in [0.15, 0.2) is 0 Å². The van der Waals surface area contributed by atoms with E-state index in [-0.39, 0.29) is 11.8 Å². The summed E-state index contributed by atoms with van der Waals surface area (Å²) in [5.74, 6) is 0.651. The molecule has 2 amide bonds. The van der Waals surface area contributed by atoms with Crippen LogP contribution >= 0.6 is 0 Å². The van der Waals surface area contributed by atoms with Crippen molar-refractivity contribution in [2.24, 2.45) is 5.73 Å². The first-order chi connectivity index (χ1) is 17.6. The molecule has 1 heterocycles. The van der Waals surface area contributed by atoms with Gasteiger partial charge in [0.1, 0.15) is 17.8 Å². The first kappa shape index (κ1) is 25.5. The van der Waals surface area contributed by atoms with E-state index >= 15 is 0 Å². The number of nitrogens with two attached hydrogens (primary N) is 1. The fourth-order valence-electron chi connectivity index (χ4n) is 4.67. The molecule has 6 heteroatoms. The summed E-state index contributed by atoms with van der Waals surface area (Å²) in [6.07, 6.45) is 2.67. The highest BCUT2D eigenvalue weighted by Gasteiger charge is 2.40. The van der Waals surface area contributed by atoms with Crippen molar-refractivity contribution in [1.82, 2.24) is 10.2 Å². The van der Waals surface area contributed by atoms with Crippen molar-refractivity contribution in [2.45, 2.75) is 51.2 Å². The molecule has 1 saturated heterocycles. The molecule has 1 aliphatic heterocycles. The highest BCUT2D eigenvalue weighted by atomic mass is 16.5. The lowest BCUT2D eigenvalue weighted by Gasteiger charge is -2.39. The van der Waals surface area contributed by atoms with E-state index in [9.17, 15) is 9.59 Å². The smallest absolute Gasteiger partial charge is 0.246 e. The molecule has 0 saturated carbocycles. The highest BCUT2D eigenvalue weighted by molar-refractivity contribution is 5.97. The van der Waals surface area contributed by atoms with Crippen LogP contribution in [0.3, 0.4) is 0 Å². The summed E-state index contributed by atoms with van der Waals surface area (Å²) in [6.45, 7) is 3.51. The van der Waals surface area contributed by atoms with Crippen LogP contribution in [-0.4, -0.2) is 41.9 Å². The topological polar surface area (TPSA) is 84.7 Å². The minimum Gasteiger partial charge on any atom is -0.494 e. The number of rotatable bonds is 11. The summed E-state index contributed by atoms with van der Waals surface area (Å²) < 4.78 is 5.52. The summed E-state index contributed by atoms with van der Waals surface area (Å²) in [4.78, 5) is 28.6. The number of carbonyl (C=O) groups excluding carboxylic acids is 2. The Balaban J connectivity index is 1.51. The summed E-state index contributed by atoms with van der Waals surface area (Å²) in [5.41, 5.74) is 9.92. The fourth-order valence-corrected chi connectivity index (χ4v) is 4.67. The number of piperazine rings is 1. The number of ether oxygens (including phenoxy) is 1. The minimum absolute atomic E-state index is 0.0478. The van der Waals surface area contributed by atoms with Gasteiger partial charge < -0.3 is 20.7 Å². The molecule has 0 unspecified atom stereocenters. The zero-order valence-corrected chi connectivity index (χ0v) is 20.9. The van der Waals surface area contributed by atoms with E-state index in [2.05, 4.69) is 29.6 Å². The maximum Gasteiger partial charge on any atom is 0.246 e. The third-order valence-corrected chi connectivity index (χ3v) is 6.60. The molecule has 0 radical (unpaired) electrons. The second-order valence-electron chi connectivity index (χ2n) is 9.17. The van der Waals surface area contributed by atoms with Crippen molar-refractivity contribution in [2.75, 3.05) is 13.2 Å². The van der Waals surface area contributed by atoms with Crippen LogP contribution < -0.4 is 15.8 Å². The van der Waals surface area contributed by atoms with Gasteiger partial charge in [-0.25, -0.2) is 0 Å². The van der Waals surface area contributed by atoms with Crippen LogP contribution in [0.15, 0.2) is 78.9 Å². The van der Waals surface area contributed by atoms with Crippen molar-refractivity contribution in [3.05, 3.63) is 90.0 Å². The third kappa shape index (κ3) is 6.32. The van der Waals surface area contributed by atoms with Crippen LogP contribution in [0.4, 0.5) is 0 Å². The molecule has 3 aromatic rings. The average Bonchev–Trinajstić information content (AvgIpc) is 2.91. The molecule has 4 rings (SSSR count). The average molecular weight is 486 g/mol. The molecule has 36 heavy (non-hydrogen) atoms. The number of benzene rings is 3. The van der Waals surface area contributed by atoms with Crippen LogP contribution in [0.5, 0.6) is 5.75 Å². The van der Waals surface area contributed by atoms with E-state index in [4.69, 9.17) is 10.5 Å². The lowest BCUT2D eigenvalue weighted by atomic mass is 9.96. The van der Waals surface area contributed by atoms with E-state index in [0.717, 1.165) is 40.8 Å². The Bertz CT molecular complexity index is 1130. The quantitative estimate of drug-likeness (QED) is 0.396. The van der Waals surface area contributed by atoms with Crippen molar-refractivity contribution in [3.63, 3.8) is 0 Å². The van der Waals surface area contributed by atoms with E-state index in [0.29, 0.717) is 32.5 Å². The van der Waals surface area contributed by atoms with Gasteiger partial charge >= 0.3 is 0 Å². The monoisotopic (exact) mass is 485 g/mol. The molecule has 2 atom stereocenters. The molecule has 0 aliphatic carbocycles. The Hall–Kier alpha value is -3.64. The van der Waals surface area contributed by atoms with Gasteiger partial charge in [0.25, 0.3) is 0 Å². The standard InChI is InChI=1S/C30H35N3O3/c1-2-36-26-17-13-22(14-18-26)20-27-30(35)33(28(29(34)32-27)10-6-7-19-31)21-23-11-15-25(16-12-23)24-8-4-3-5-9-24/h3-5,8-9,11-18,27-28H,2,6-7,10,19-21,31H2,1H3,(H,32,34)/t27-,28-/m0/s1. The highest BCUT2D eigenvalue weighted by Crippen LogP contribution is 2.24. The Labute approximate surface area is 213 Å². The van der Waals surface area contributed by atoms with Gasteiger partial charge in [-0.2, -0.15) is 0 Å². The van der Waals surface area contributed by atoms with Crippen LogP contribution in [0.1, 0.15) is 37.3 Å². The number of nitrogens with zero attached hydrogens (tertiary/aromatic N) is 1. The van der Waals surface area contributed by atoms with Gasteiger partial charge in [-0.15, -0.1) is 0 Å². The summed E-state index contributed by atoms with van der Waals surface area (Å²) >= 11 is 0. The Morgan fingerprint density at radius 1 is 0.861 bits per heavy atom. The molecular weight excluding hydrogens is 450 g/mol. The van der Waals surface area contributed by atoms with Crippen molar-refractivity contribution in [3.8, 4) is 16.9 Å². The van der Waals surface area contributed by atoms with E-state index in [1.165, 1.54) is 0 Å². The van der Waals surface area contributed by atoms with Crippen LogP contribution in [0.25, 0.3) is 11.1 Å². The molecule has 0 aromatic heterocycles. The van der Waals surface area contributed by atoms with Crippen LogP contribution in [0, 0.1) is 0 Å². The number of hydrogen-bond donors (Lipinski definition) is 2. The summed E-state index contributed by atoms with van der Waals surface area (Å²) in [5, 5.41) is 2.99. The Kier molecular flexibility index (Phi) is 8.74. The Morgan fingerprint density at radius 2 is 1.53 bits per heavy atom. The Morgan fingerprint density at radius 3 is 2.19 bits per heavy atom. The fraction of sp³-hybridized carbons (Fsp3) is 0.333. The van der Waals surface area contributed by atoms with Crippen LogP contribution in [0.2, 0.25) is 0 Å². The van der Waals surface area contributed by atoms with Gasteiger partial charge in [-0.05, 0) is 67.1 Å². The summed E-state index contributed by atoms with van der Waals surface area (Å²) in [6, 6.07) is 25.0. The number of unbranched alkanes of at least 4 members (excludes halogenated alkanes) is 1. The van der Waals surface area contributed by atoms with Gasteiger partial charge in [0.05, 0.1) is 6.61 Å².